The number of unbranched alkanes of at least 4 members (excludes halogenated alkanes) is 9. The van der Waals surface area contributed by atoms with Crippen molar-refractivity contribution < 1.29 is 33.8 Å². The van der Waals surface area contributed by atoms with Crippen molar-refractivity contribution in [1.29, 1.82) is 0 Å². The average Bonchev–Trinajstić information content (AvgIpc) is 3.45. The average molecular weight is 679 g/mol. The highest BCUT2D eigenvalue weighted by Crippen LogP contribution is 2.62. The van der Waals surface area contributed by atoms with E-state index < -0.39 is 23.5 Å². The van der Waals surface area contributed by atoms with Crippen LogP contribution in [0.4, 0.5) is 0 Å². The quantitative estimate of drug-likeness (QED) is 0.0734. The smallest absolute Gasteiger partial charge is 0.306 e. The molecule has 6 atom stereocenters. The summed E-state index contributed by atoms with van der Waals surface area (Å²) in [6, 6.07) is 0. The van der Waals surface area contributed by atoms with Gasteiger partial charge in [-0.3, -0.25) is 19.2 Å². The Labute approximate surface area is 295 Å². The van der Waals surface area contributed by atoms with E-state index in [0.717, 1.165) is 57.8 Å². The fourth-order valence-electron chi connectivity index (χ4n) is 9.16. The first-order valence-electron chi connectivity index (χ1n) is 19.5. The van der Waals surface area contributed by atoms with Gasteiger partial charge >= 0.3 is 11.9 Å². The minimum atomic E-state index is -1.08. The Morgan fingerprint density at radius 1 is 0.837 bits per heavy atom. The number of Topliss-reactive ketones (excluding diaryl/α,β-unsaturated/α-hetero) is 1. The van der Waals surface area contributed by atoms with Crippen LogP contribution in [-0.4, -0.2) is 47.4 Å². The molecule has 0 aliphatic heterocycles. The monoisotopic (exact) mass is 678 g/mol. The molecular formula is C42H62O7. The van der Waals surface area contributed by atoms with Crippen LogP contribution >= 0.6 is 0 Å². The highest BCUT2D eigenvalue weighted by Gasteiger charge is 2.61. The van der Waals surface area contributed by atoms with E-state index in [2.05, 4.69) is 44.2 Å². The van der Waals surface area contributed by atoms with E-state index in [1.165, 1.54) is 50.5 Å². The van der Waals surface area contributed by atoms with Crippen LogP contribution < -0.4 is 0 Å². The third-order valence-electron chi connectivity index (χ3n) is 11.9. The molecule has 1 N–H and O–H groups in total. The number of rotatable bonds is 21. The normalized spacial score (nSPS) is 29.0. The van der Waals surface area contributed by atoms with Crippen LogP contribution in [-0.2, 0) is 28.7 Å². The number of ketones is 2. The topological polar surface area (TPSA) is 107 Å². The maximum Gasteiger partial charge on any atom is 0.306 e. The molecule has 4 rings (SSSR count). The predicted octanol–water partition coefficient (Wildman–Crippen LogP) is 8.88. The molecule has 0 saturated heterocycles. The molecule has 0 aromatic rings. The summed E-state index contributed by atoms with van der Waals surface area (Å²) in [6.45, 7) is 4.43. The maximum absolute atomic E-state index is 13.2. The number of aliphatic hydroxyl groups is 1. The second-order valence-electron chi connectivity index (χ2n) is 15.2. The summed E-state index contributed by atoms with van der Waals surface area (Å²) in [4.78, 5) is 49.7. The Balaban J connectivity index is 1.02. The lowest BCUT2D eigenvalue weighted by atomic mass is 9.50. The second kappa shape index (κ2) is 19.6. The fourth-order valence-corrected chi connectivity index (χ4v) is 9.16. The van der Waals surface area contributed by atoms with Crippen LogP contribution in [0.15, 0.2) is 48.1 Å². The lowest BCUT2D eigenvalue weighted by Crippen LogP contribution is -2.55. The molecule has 5 unspecified atom stereocenters. The van der Waals surface area contributed by atoms with Crippen molar-refractivity contribution in [2.45, 2.75) is 148 Å². The first kappa shape index (κ1) is 39.0. The first-order valence-corrected chi connectivity index (χ1v) is 19.5. The van der Waals surface area contributed by atoms with Crippen molar-refractivity contribution in [3.05, 3.63) is 48.1 Å². The molecule has 272 valence electrons. The van der Waals surface area contributed by atoms with Gasteiger partial charge in [0.25, 0.3) is 0 Å². The van der Waals surface area contributed by atoms with Gasteiger partial charge in [-0.05, 0) is 107 Å². The van der Waals surface area contributed by atoms with Crippen LogP contribution in [0.1, 0.15) is 142 Å². The highest BCUT2D eigenvalue weighted by molar-refractivity contribution is 6.01. The Morgan fingerprint density at radius 2 is 1.51 bits per heavy atom. The van der Waals surface area contributed by atoms with Gasteiger partial charge in [0.05, 0.1) is 31.0 Å². The molecule has 0 bridgehead atoms. The largest absolute Gasteiger partial charge is 0.466 e. The molecule has 0 amide bonds. The number of allylic oxidation sites excluding steroid dienone is 8. The molecular weight excluding hydrogens is 616 g/mol. The lowest BCUT2D eigenvalue weighted by Gasteiger charge is -2.56. The first-order chi connectivity index (χ1) is 23.7. The lowest BCUT2D eigenvalue weighted by molar-refractivity contribution is -0.158. The van der Waals surface area contributed by atoms with Crippen molar-refractivity contribution >= 4 is 23.5 Å². The zero-order valence-corrected chi connectivity index (χ0v) is 30.3. The van der Waals surface area contributed by atoms with E-state index in [1.807, 2.05) is 0 Å². The number of carbonyl (C=O) groups is 4. The molecule has 49 heavy (non-hydrogen) atoms. The summed E-state index contributed by atoms with van der Waals surface area (Å²) >= 11 is 0. The standard InChI is InChI=1S/C42H62O7/c1-3-4-5-6-7-8-9-10-11-12-13-14-15-16-17-18-29-48-39(45)23-24-40(46)49-31-38(44)37-22-21-36-34-20-19-32-30-33(43)25-27-41(32,2)35(34)26-28-42(36,37)47/h7-8,10-11,25,27,30,34-37,47H,3-6,9,12-24,26,28-29,31H2,1-2H3/b8-7-,11-10-/t34?,35?,36?,37-,41?,42?/m1/s1. The van der Waals surface area contributed by atoms with Gasteiger partial charge in [-0.2, -0.15) is 0 Å². The molecule has 4 aliphatic rings. The van der Waals surface area contributed by atoms with Gasteiger partial charge in [0, 0.05) is 5.41 Å². The van der Waals surface area contributed by atoms with Crippen molar-refractivity contribution in [3.8, 4) is 0 Å². The summed E-state index contributed by atoms with van der Waals surface area (Å²) < 4.78 is 10.6. The van der Waals surface area contributed by atoms with E-state index in [4.69, 9.17) is 9.47 Å². The Bertz CT molecular complexity index is 1240. The SMILES string of the molecule is CCCCC/C=C\C/C=C\CCCCCCCCOC(=O)CCC(=O)OCC(=O)[C@H]1CCC2C3CCC4=CC(=O)C=CC4(C)C3CCC21O. The molecule has 0 spiro atoms. The number of ether oxygens (including phenoxy) is 2. The highest BCUT2D eigenvalue weighted by atomic mass is 16.5. The summed E-state index contributed by atoms with van der Waals surface area (Å²) in [7, 11) is 0. The number of esters is 2. The number of carbonyl (C=O) groups excluding carboxylic acids is 4. The van der Waals surface area contributed by atoms with Crippen LogP contribution in [0.3, 0.4) is 0 Å². The van der Waals surface area contributed by atoms with E-state index in [-0.39, 0.29) is 42.3 Å². The van der Waals surface area contributed by atoms with E-state index >= 15 is 0 Å². The number of fused-ring (bicyclic) bond motifs is 5. The Morgan fingerprint density at radius 3 is 2.24 bits per heavy atom. The number of hydrogen-bond acceptors (Lipinski definition) is 7. The zero-order chi connectivity index (χ0) is 35.1. The van der Waals surface area contributed by atoms with Crippen molar-refractivity contribution in [2.75, 3.05) is 13.2 Å². The predicted molar refractivity (Wildman–Crippen MR) is 192 cm³/mol. The van der Waals surface area contributed by atoms with Crippen molar-refractivity contribution in [1.82, 2.24) is 0 Å². The van der Waals surface area contributed by atoms with Gasteiger partial charge in [0.2, 0.25) is 0 Å². The van der Waals surface area contributed by atoms with E-state index in [0.29, 0.717) is 31.3 Å². The van der Waals surface area contributed by atoms with Crippen LogP contribution in [0.25, 0.3) is 0 Å². The van der Waals surface area contributed by atoms with Gasteiger partial charge in [-0.1, -0.05) is 88.3 Å². The fraction of sp³-hybridized carbons (Fsp3) is 0.714. The van der Waals surface area contributed by atoms with Gasteiger partial charge in [-0.25, -0.2) is 0 Å². The molecule has 7 heteroatoms. The molecule has 0 aromatic heterocycles. The van der Waals surface area contributed by atoms with Crippen molar-refractivity contribution in [2.24, 2.45) is 29.1 Å². The molecule has 0 aromatic carbocycles. The minimum Gasteiger partial charge on any atom is -0.466 e. The molecule has 0 heterocycles. The minimum absolute atomic E-state index is 0.0277. The molecule has 0 radical (unpaired) electrons. The number of hydrogen-bond donors (Lipinski definition) is 1. The van der Waals surface area contributed by atoms with E-state index in [9.17, 15) is 24.3 Å². The summed E-state index contributed by atoms with van der Waals surface area (Å²) in [5, 5.41) is 11.9. The van der Waals surface area contributed by atoms with Gasteiger partial charge in [-0.15, -0.1) is 0 Å². The maximum atomic E-state index is 13.2. The summed E-state index contributed by atoms with van der Waals surface area (Å²) in [5.41, 5.74) is -0.0492. The van der Waals surface area contributed by atoms with E-state index in [1.54, 1.807) is 12.2 Å². The third-order valence-corrected chi connectivity index (χ3v) is 11.9. The molecule has 3 fully saturated rings. The third kappa shape index (κ3) is 10.8. The summed E-state index contributed by atoms with van der Waals surface area (Å²) in [5.74, 6) is -1.08. The summed E-state index contributed by atoms with van der Waals surface area (Å²) in [6.07, 6.45) is 32.7. The Kier molecular flexibility index (Phi) is 15.6. The van der Waals surface area contributed by atoms with Crippen LogP contribution in [0.2, 0.25) is 0 Å². The van der Waals surface area contributed by atoms with Crippen LogP contribution in [0, 0.1) is 29.1 Å². The molecule has 3 saturated carbocycles. The molecule has 7 nitrogen and oxygen atoms in total. The van der Waals surface area contributed by atoms with Crippen molar-refractivity contribution in [3.63, 3.8) is 0 Å². The molecule has 4 aliphatic carbocycles. The zero-order valence-electron chi connectivity index (χ0n) is 30.3. The Hall–Kier alpha value is -2.80. The van der Waals surface area contributed by atoms with Crippen LogP contribution in [0.5, 0.6) is 0 Å². The second-order valence-corrected chi connectivity index (χ2v) is 15.2. The van der Waals surface area contributed by atoms with Gasteiger partial charge in [0.1, 0.15) is 6.61 Å². The van der Waals surface area contributed by atoms with Gasteiger partial charge in [0.15, 0.2) is 11.6 Å². The van der Waals surface area contributed by atoms with Gasteiger partial charge < -0.3 is 14.6 Å².